The molecule has 100 valence electrons. The van der Waals surface area contributed by atoms with Crippen molar-refractivity contribution in [2.75, 3.05) is 33.3 Å². The summed E-state index contributed by atoms with van der Waals surface area (Å²) in [6, 6.07) is 8.39. The molecule has 0 aromatic heterocycles. The fourth-order valence-electron chi connectivity index (χ4n) is 2.68. The van der Waals surface area contributed by atoms with Gasteiger partial charge in [0.05, 0.1) is 6.61 Å². The highest BCUT2D eigenvalue weighted by atomic mass is 16.5. The molecule has 0 amide bonds. The summed E-state index contributed by atoms with van der Waals surface area (Å²) in [4.78, 5) is 2.53. The van der Waals surface area contributed by atoms with E-state index in [0.717, 1.165) is 31.4 Å². The number of rotatable bonds is 6. The van der Waals surface area contributed by atoms with E-state index in [-0.39, 0.29) is 0 Å². The monoisotopic (exact) mass is 248 g/mol. The van der Waals surface area contributed by atoms with E-state index in [1.807, 2.05) is 20.0 Å². The van der Waals surface area contributed by atoms with Crippen molar-refractivity contribution < 1.29 is 4.74 Å². The average molecular weight is 248 g/mol. The van der Waals surface area contributed by atoms with E-state index in [2.05, 4.69) is 28.4 Å². The van der Waals surface area contributed by atoms with Crippen LogP contribution in [0.25, 0.3) is 0 Å². The van der Waals surface area contributed by atoms with Crippen molar-refractivity contribution in [2.45, 2.75) is 19.9 Å². The van der Waals surface area contributed by atoms with Gasteiger partial charge >= 0.3 is 0 Å². The summed E-state index contributed by atoms with van der Waals surface area (Å²) in [6.07, 6.45) is 1.30. The third-order valence-electron chi connectivity index (χ3n) is 3.53. The second-order valence-corrected chi connectivity index (χ2v) is 4.99. The van der Waals surface area contributed by atoms with Gasteiger partial charge in [0.15, 0.2) is 0 Å². The molecule has 1 aliphatic heterocycles. The minimum Gasteiger partial charge on any atom is -0.494 e. The van der Waals surface area contributed by atoms with Crippen LogP contribution in [0.5, 0.6) is 5.75 Å². The molecule has 0 bridgehead atoms. The van der Waals surface area contributed by atoms with Crippen LogP contribution >= 0.6 is 0 Å². The highest BCUT2D eigenvalue weighted by Crippen LogP contribution is 2.23. The first kappa shape index (κ1) is 13.4. The molecule has 1 heterocycles. The molecule has 1 saturated heterocycles. The molecule has 1 N–H and O–H groups in total. The summed E-state index contributed by atoms with van der Waals surface area (Å²) >= 11 is 0. The topological polar surface area (TPSA) is 24.5 Å². The summed E-state index contributed by atoms with van der Waals surface area (Å²) < 4.78 is 5.68. The lowest BCUT2D eigenvalue weighted by Gasteiger charge is -2.18. The van der Waals surface area contributed by atoms with Gasteiger partial charge in [0, 0.05) is 18.7 Å². The first-order chi connectivity index (χ1) is 8.83. The third-order valence-corrected chi connectivity index (χ3v) is 3.53. The molecule has 1 fully saturated rings. The first-order valence-electron chi connectivity index (χ1n) is 6.91. The lowest BCUT2D eigenvalue weighted by Crippen LogP contribution is -2.24. The average Bonchev–Trinajstić information content (AvgIpc) is 2.80. The molecule has 1 unspecified atom stereocenters. The molecular weight excluding hydrogens is 224 g/mol. The maximum atomic E-state index is 5.68. The normalized spacial score (nSPS) is 20.2. The van der Waals surface area contributed by atoms with Gasteiger partial charge in [0.1, 0.15) is 5.75 Å². The van der Waals surface area contributed by atoms with Crippen molar-refractivity contribution in [3.8, 4) is 5.75 Å². The number of hydrogen-bond acceptors (Lipinski definition) is 3. The van der Waals surface area contributed by atoms with Gasteiger partial charge in [-0.15, -0.1) is 0 Å². The van der Waals surface area contributed by atoms with Crippen LogP contribution in [0.2, 0.25) is 0 Å². The molecular formula is C15H24N2O. The summed E-state index contributed by atoms with van der Waals surface area (Å²) in [5.41, 5.74) is 1.31. The Balaban J connectivity index is 1.93. The largest absolute Gasteiger partial charge is 0.494 e. The minimum atomic E-state index is 0.736. The van der Waals surface area contributed by atoms with Crippen molar-refractivity contribution in [2.24, 2.45) is 5.92 Å². The Hall–Kier alpha value is -1.06. The van der Waals surface area contributed by atoms with E-state index in [1.54, 1.807) is 0 Å². The summed E-state index contributed by atoms with van der Waals surface area (Å²) in [5.74, 6) is 1.84. The Morgan fingerprint density at radius 3 is 3.00 bits per heavy atom. The summed E-state index contributed by atoms with van der Waals surface area (Å²) in [7, 11) is 2.03. The second kappa shape index (κ2) is 6.76. The van der Waals surface area contributed by atoms with Crippen molar-refractivity contribution in [3.05, 3.63) is 29.8 Å². The molecule has 2 rings (SSSR count). The molecule has 1 atom stereocenters. The Morgan fingerprint density at radius 2 is 2.22 bits per heavy atom. The van der Waals surface area contributed by atoms with Gasteiger partial charge in [0.25, 0.3) is 0 Å². The van der Waals surface area contributed by atoms with E-state index < -0.39 is 0 Å². The molecule has 3 heteroatoms. The number of likely N-dealkylation sites (tertiary alicyclic amines) is 1. The Morgan fingerprint density at radius 1 is 1.39 bits per heavy atom. The van der Waals surface area contributed by atoms with Crippen molar-refractivity contribution >= 4 is 0 Å². The number of para-hydroxylation sites is 1. The smallest absolute Gasteiger partial charge is 0.123 e. The number of nitrogens with zero attached hydrogens (tertiary/aromatic N) is 1. The van der Waals surface area contributed by atoms with Crippen molar-refractivity contribution in [3.63, 3.8) is 0 Å². The predicted octanol–water partition coefficient (Wildman–Crippen LogP) is 2.13. The van der Waals surface area contributed by atoms with Crippen LogP contribution in [0.1, 0.15) is 18.9 Å². The first-order valence-corrected chi connectivity index (χ1v) is 6.91. The van der Waals surface area contributed by atoms with Crippen LogP contribution in [-0.2, 0) is 6.54 Å². The van der Waals surface area contributed by atoms with Gasteiger partial charge < -0.3 is 10.1 Å². The molecule has 0 spiro atoms. The third kappa shape index (κ3) is 3.47. The highest BCUT2D eigenvalue weighted by molar-refractivity contribution is 5.33. The fraction of sp³-hybridized carbons (Fsp3) is 0.600. The van der Waals surface area contributed by atoms with Crippen LogP contribution in [-0.4, -0.2) is 38.2 Å². The molecule has 0 radical (unpaired) electrons. The van der Waals surface area contributed by atoms with Crippen molar-refractivity contribution in [1.29, 1.82) is 0 Å². The quantitative estimate of drug-likeness (QED) is 0.834. The van der Waals surface area contributed by atoms with E-state index in [9.17, 15) is 0 Å². The zero-order valence-corrected chi connectivity index (χ0v) is 11.5. The van der Waals surface area contributed by atoms with Gasteiger partial charge in [-0.3, -0.25) is 4.90 Å². The van der Waals surface area contributed by atoms with Gasteiger partial charge in [-0.1, -0.05) is 18.2 Å². The highest BCUT2D eigenvalue weighted by Gasteiger charge is 2.22. The fourth-order valence-corrected chi connectivity index (χ4v) is 2.68. The standard InChI is InChI=1S/C15H24N2O/c1-3-18-15-7-5-4-6-14(15)12-17-9-8-13(11-17)10-16-2/h4-7,13,16H,3,8-12H2,1-2H3. The van der Waals surface area contributed by atoms with E-state index in [0.29, 0.717) is 0 Å². The summed E-state index contributed by atoms with van der Waals surface area (Å²) in [5, 5.41) is 3.27. The SMILES string of the molecule is CCOc1ccccc1CN1CCC(CNC)C1. The van der Waals surface area contributed by atoms with Crippen LogP contribution in [0.3, 0.4) is 0 Å². The zero-order valence-electron chi connectivity index (χ0n) is 11.5. The number of ether oxygens (including phenoxy) is 1. The summed E-state index contributed by atoms with van der Waals surface area (Å²) in [6.45, 7) is 7.31. The van der Waals surface area contributed by atoms with Crippen LogP contribution in [0, 0.1) is 5.92 Å². The molecule has 3 nitrogen and oxygen atoms in total. The van der Waals surface area contributed by atoms with Gasteiger partial charge in [-0.05, 0) is 45.5 Å². The van der Waals surface area contributed by atoms with Gasteiger partial charge in [0.2, 0.25) is 0 Å². The van der Waals surface area contributed by atoms with Gasteiger partial charge in [-0.2, -0.15) is 0 Å². The molecule has 18 heavy (non-hydrogen) atoms. The number of hydrogen-bond donors (Lipinski definition) is 1. The Kier molecular flexibility index (Phi) is 5.02. The second-order valence-electron chi connectivity index (χ2n) is 4.99. The number of benzene rings is 1. The molecule has 1 aromatic rings. The maximum Gasteiger partial charge on any atom is 0.123 e. The predicted molar refractivity (Wildman–Crippen MR) is 74.9 cm³/mol. The Bertz CT molecular complexity index is 367. The molecule has 1 aromatic carbocycles. The number of nitrogens with one attached hydrogen (secondary N) is 1. The molecule has 1 aliphatic rings. The Labute approximate surface area is 110 Å². The minimum absolute atomic E-state index is 0.736. The van der Waals surface area contributed by atoms with Crippen LogP contribution < -0.4 is 10.1 Å². The van der Waals surface area contributed by atoms with E-state index in [1.165, 1.54) is 25.1 Å². The molecule has 0 saturated carbocycles. The van der Waals surface area contributed by atoms with Crippen LogP contribution in [0.15, 0.2) is 24.3 Å². The molecule has 0 aliphatic carbocycles. The van der Waals surface area contributed by atoms with Crippen molar-refractivity contribution in [1.82, 2.24) is 10.2 Å². The maximum absolute atomic E-state index is 5.68. The lowest BCUT2D eigenvalue weighted by atomic mass is 10.1. The van der Waals surface area contributed by atoms with E-state index >= 15 is 0 Å². The van der Waals surface area contributed by atoms with E-state index in [4.69, 9.17) is 4.74 Å². The van der Waals surface area contributed by atoms with Crippen LogP contribution in [0.4, 0.5) is 0 Å². The lowest BCUT2D eigenvalue weighted by molar-refractivity contribution is 0.296. The van der Waals surface area contributed by atoms with Gasteiger partial charge in [-0.25, -0.2) is 0 Å². The zero-order chi connectivity index (χ0) is 12.8.